The van der Waals surface area contributed by atoms with Gasteiger partial charge in [-0.25, -0.2) is 9.59 Å². The van der Waals surface area contributed by atoms with Crippen molar-refractivity contribution in [3.63, 3.8) is 0 Å². The number of rotatable bonds is 3. The standard InChI is InChI=1S/C15H27NO4/c1-6-9-15(12(17)19-5)10-7-8-11-16(15)13(18)20-14(2,3)4/h6-11H2,1-5H3/t15-/m1/s1. The molecule has 0 aromatic heterocycles. The van der Waals surface area contributed by atoms with Gasteiger partial charge in [0.05, 0.1) is 7.11 Å². The van der Waals surface area contributed by atoms with Gasteiger partial charge in [0, 0.05) is 6.54 Å². The van der Waals surface area contributed by atoms with Crippen LogP contribution < -0.4 is 0 Å². The number of carbonyl (C=O) groups is 2. The number of amides is 1. The summed E-state index contributed by atoms with van der Waals surface area (Å²) < 4.78 is 10.4. The number of likely N-dealkylation sites (tertiary alicyclic amines) is 1. The van der Waals surface area contributed by atoms with Gasteiger partial charge in [-0.3, -0.25) is 4.90 Å². The summed E-state index contributed by atoms with van der Waals surface area (Å²) in [5.41, 5.74) is -1.42. The predicted octanol–water partition coefficient (Wildman–Crippen LogP) is 3.12. The van der Waals surface area contributed by atoms with E-state index in [4.69, 9.17) is 9.47 Å². The molecule has 0 aliphatic carbocycles. The van der Waals surface area contributed by atoms with Crippen LogP contribution in [0.5, 0.6) is 0 Å². The number of esters is 1. The van der Waals surface area contributed by atoms with Gasteiger partial charge >= 0.3 is 12.1 Å². The highest BCUT2D eigenvalue weighted by Crippen LogP contribution is 2.34. The van der Waals surface area contributed by atoms with E-state index in [1.165, 1.54) is 7.11 Å². The molecule has 0 bridgehead atoms. The molecule has 0 N–H and O–H groups in total. The Morgan fingerprint density at radius 1 is 1.25 bits per heavy atom. The number of methoxy groups -OCH3 is 1. The van der Waals surface area contributed by atoms with Crippen molar-refractivity contribution in [2.24, 2.45) is 0 Å². The van der Waals surface area contributed by atoms with Crippen molar-refractivity contribution in [3.8, 4) is 0 Å². The molecule has 0 radical (unpaired) electrons. The first-order valence-electron chi connectivity index (χ1n) is 7.36. The minimum Gasteiger partial charge on any atom is -0.467 e. The summed E-state index contributed by atoms with van der Waals surface area (Å²) in [5.74, 6) is -0.329. The maximum atomic E-state index is 12.4. The Labute approximate surface area is 121 Å². The molecule has 0 aromatic rings. The maximum Gasteiger partial charge on any atom is 0.411 e. The number of ether oxygens (including phenoxy) is 2. The molecule has 1 aliphatic rings. The fourth-order valence-electron chi connectivity index (χ4n) is 2.80. The molecule has 1 fully saturated rings. The Bertz CT molecular complexity index is 357. The average Bonchev–Trinajstić information content (AvgIpc) is 2.36. The van der Waals surface area contributed by atoms with Gasteiger partial charge in [-0.05, 0) is 46.5 Å². The lowest BCUT2D eigenvalue weighted by Gasteiger charge is -2.44. The molecule has 1 heterocycles. The minimum absolute atomic E-state index is 0.329. The average molecular weight is 285 g/mol. The Hall–Kier alpha value is -1.26. The first kappa shape index (κ1) is 16.8. The summed E-state index contributed by atoms with van der Waals surface area (Å²) in [6.45, 7) is 8.04. The Balaban J connectivity index is 3.04. The zero-order chi connectivity index (χ0) is 15.4. The molecule has 20 heavy (non-hydrogen) atoms. The van der Waals surface area contributed by atoms with Crippen molar-refractivity contribution in [2.45, 2.75) is 70.9 Å². The molecule has 1 saturated heterocycles. The summed E-state index contributed by atoms with van der Waals surface area (Å²) in [5, 5.41) is 0. The highest BCUT2D eigenvalue weighted by molar-refractivity contribution is 5.86. The zero-order valence-electron chi connectivity index (χ0n) is 13.3. The molecule has 1 atom stereocenters. The van der Waals surface area contributed by atoms with Crippen LogP contribution in [0, 0.1) is 0 Å². The number of hydrogen-bond acceptors (Lipinski definition) is 4. The van der Waals surface area contributed by atoms with Crippen molar-refractivity contribution in [3.05, 3.63) is 0 Å². The van der Waals surface area contributed by atoms with E-state index in [1.54, 1.807) is 4.90 Å². The van der Waals surface area contributed by atoms with Crippen molar-refractivity contribution in [2.75, 3.05) is 13.7 Å². The first-order valence-corrected chi connectivity index (χ1v) is 7.36. The lowest BCUT2D eigenvalue weighted by atomic mass is 9.83. The number of piperidine rings is 1. The van der Waals surface area contributed by atoms with Crippen LogP contribution >= 0.6 is 0 Å². The van der Waals surface area contributed by atoms with E-state index < -0.39 is 17.2 Å². The molecule has 0 spiro atoms. The van der Waals surface area contributed by atoms with Gasteiger partial charge in [0.1, 0.15) is 11.1 Å². The zero-order valence-corrected chi connectivity index (χ0v) is 13.3. The molecule has 1 amide bonds. The van der Waals surface area contributed by atoms with Crippen LogP contribution in [-0.2, 0) is 14.3 Å². The third-order valence-corrected chi connectivity index (χ3v) is 3.58. The SMILES string of the molecule is CCC[C@]1(C(=O)OC)CCCCN1C(=O)OC(C)(C)C. The second kappa shape index (κ2) is 6.46. The summed E-state index contributed by atoms with van der Waals surface area (Å²) in [4.78, 5) is 26.3. The molecule has 5 heteroatoms. The molecule has 116 valence electrons. The van der Waals surface area contributed by atoms with E-state index in [2.05, 4.69) is 0 Å². The summed E-state index contributed by atoms with van der Waals surface area (Å²) in [7, 11) is 1.38. The van der Waals surface area contributed by atoms with Gasteiger partial charge < -0.3 is 9.47 Å². The smallest absolute Gasteiger partial charge is 0.411 e. The van der Waals surface area contributed by atoms with Crippen LogP contribution in [0.4, 0.5) is 4.79 Å². The van der Waals surface area contributed by atoms with Gasteiger partial charge in [-0.1, -0.05) is 13.3 Å². The summed E-state index contributed by atoms with van der Waals surface area (Å²) in [6.07, 6.45) is 3.46. The van der Waals surface area contributed by atoms with Crippen LogP contribution in [-0.4, -0.2) is 41.8 Å². The van der Waals surface area contributed by atoms with E-state index >= 15 is 0 Å². The molecule has 0 unspecified atom stereocenters. The molecule has 1 aliphatic heterocycles. The number of carbonyl (C=O) groups excluding carboxylic acids is 2. The monoisotopic (exact) mass is 285 g/mol. The van der Waals surface area contributed by atoms with Crippen LogP contribution in [0.3, 0.4) is 0 Å². The van der Waals surface area contributed by atoms with Gasteiger partial charge in [0.25, 0.3) is 0 Å². The number of nitrogens with zero attached hydrogens (tertiary/aromatic N) is 1. The van der Waals surface area contributed by atoms with E-state index in [0.29, 0.717) is 19.4 Å². The van der Waals surface area contributed by atoms with Crippen LogP contribution in [0.25, 0.3) is 0 Å². The normalized spacial score (nSPS) is 23.4. The highest BCUT2D eigenvalue weighted by atomic mass is 16.6. The molecule has 0 saturated carbocycles. The molecule has 0 aromatic carbocycles. The van der Waals surface area contributed by atoms with Gasteiger partial charge in [0.15, 0.2) is 0 Å². The third kappa shape index (κ3) is 3.64. The summed E-state index contributed by atoms with van der Waals surface area (Å²) >= 11 is 0. The second-order valence-corrected chi connectivity index (χ2v) is 6.36. The lowest BCUT2D eigenvalue weighted by Crippen LogP contribution is -2.60. The van der Waals surface area contributed by atoms with Crippen LogP contribution in [0.15, 0.2) is 0 Å². The molecular formula is C15H27NO4. The largest absolute Gasteiger partial charge is 0.467 e. The quantitative estimate of drug-likeness (QED) is 0.748. The minimum atomic E-state index is -0.857. The topological polar surface area (TPSA) is 55.8 Å². The maximum absolute atomic E-state index is 12.4. The van der Waals surface area contributed by atoms with E-state index in [1.807, 2.05) is 27.7 Å². The highest BCUT2D eigenvalue weighted by Gasteiger charge is 2.49. The van der Waals surface area contributed by atoms with Crippen molar-refractivity contribution in [1.82, 2.24) is 4.90 Å². The molecule has 1 rings (SSSR count). The Morgan fingerprint density at radius 2 is 1.90 bits per heavy atom. The van der Waals surface area contributed by atoms with Gasteiger partial charge in [-0.15, -0.1) is 0 Å². The molecular weight excluding hydrogens is 258 g/mol. The van der Waals surface area contributed by atoms with E-state index in [9.17, 15) is 9.59 Å². The lowest BCUT2D eigenvalue weighted by molar-refractivity contribution is -0.158. The van der Waals surface area contributed by atoms with Crippen molar-refractivity contribution in [1.29, 1.82) is 0 Å². The summed E-state index contributed by atoms with van der Waals surface area (Å²) in [6, 6.07) is 0. The van der Waals surface area contributed by atoms with E-state index in [0.717, 1.165) is 19.3 Å². The third-order valence-electron chi connectivity index (χ3n) is 3.58. The van der Waals surface area contributed by atoms with Crippen molar-refractivity contribution >= 4 is 12.1 Å². The van der Waals surface area contributed by atoms with Crippen molar-refractivity contribution < 1.29 is 19.1 Å². The fraction of sp³-hybridized carbons (Fsp3) is 0.867. The van der Waals surface area contributed by atoms with E-state index in [-0.39, 0.29) is 5.97 Å². The Kier molecular flexibility index (Phi) is 5.42. The predicted molar refractivity (Wildman–Crippen MR) is 76.4 cm³/mol. The molecule has 5 nitrogen and oxygen atoms in total. The first-order chi connectivity index (χ1) is 9.27. The van der Waals surface area contributed by atoms with Gasteiger partial charge in [0.2, 0.25) is 0 Å². The van der Waals surface area contributed by atoms with Crippen LogP contribution in [0.1, 0.15) is 59.8 Å². The Morgan fingerprint density at radius 3 is 2.40 bits per heavy atom. The fourth-order valence-corrected chi connectivity index (χ4v) is 2.80. The second-order valence-electron chi connectivity index (χ2n) is 6.36. The number of hydrogen-bond donors (Lipinski definition) is 0. The van der Waals surface area contributed by atoms with Gasteiger partial charge in [-0.2, -0.15) is 0 Å². The van der Waals surface area contributed by atoms with Crippen LogP contribution in [0.2, 0.25) is 0 Å².